The Hall–Kier alpha value is -1.46. The van der Waals surface area contributed by atoms with Crippen LogP contribution in [0.2, 0.25) is 0 Å². The molecule has 2 heterocycles. The fraction of sp³-hybridized carbons (Fsp3) is 0.500. The number of hydrogen-bond donors (Lipinski definition) is 2. The molecule has 2 aromatic rings. The summed E-state index contributed by atoms with van der Waals surface area (Å²) >= 11 is 1.77. The first-order chi connectivity index (χ1) is 10.1. The van der Waals surface area contributed by atoms with Gasteiger partial charge in [-0.3, -0.25) is 9.78 Å². The Morgan fingerprint density at radius 2 is 2.19 bits per heavy atom. The number of thiophene rings is 1. The zero-order valence-corrected chi connectivity index (χ0v) is 12.6. The van der Waals surface area contributed by atoms with Gasteiger partial charge in [-0.15, -0.1) is 11.3 Å². The van der Waals surface area contributed by atoms with Crippen molar-refractivity contribution in [1.82, 2.24) is 10.3 Å². The van der Waals surface area contributed by atoms with Gasteiger partial charge in [0.25, 0.3) is 0 Å². The lowest BCUT2D eigenvalue weighted by atomic mass is 9.84. The molecule has 0 unspecified atom stereocenters. The summed E-state index contributed by atoms with van der Waals surface area (Å²) in [4.78, 5) is 17.1. The van der Waals surface area contributed by atoms with Gasteiger partial charge < -0.3 is 10.4 Å². The number of fused-ring (bicyclic) bond motifs is 3. The number of nitrogens with zero attached hydrogens (tertiary/aromatic N) is 1. The molecule has 2 aliphatic rings. The summed E-state index contributed by atoms with van der Waals surface area (Å²) in [5.41, 5.74) is 0.644. The van der Waals surface area contributed by atoms with Crippen molar-refractivity contribution in [3.63, 3.8) is 0 Å². The number of carboxylic acid groups (broad SMARTS) is 1. The fourth-order valence-corrected chi connectivity index (χ4v) is 4.98. The molecule has 2 bridgehead atoms. The Balaban J connectivity index is 1.49. The van der Waals surface area contributed by atoms with Gasteiger partial charge >= 0.3 is 5.97 Å². The van der Waals surface area contributed by atoms with Gasteiger partial charge in [0, 0.05) is 23.2 Å². The van der Waals surface area contributed by atoms with Crippen LogP contribution in [-0.4, -0.2) is 21.6 Å². The number of pyridine rings is 1. The molecule has 5 heteroatoms. The van der Waals surface area contributed by atoms with Gasteiger partial charge in [-0.25, -0.2) is 0 Å². The maximum atomic E-state index is 11.5. The van der Waals surface area contributed by atoms with E-state index in [0.717, 1.165) is 44.2 Å². The van der Waals surface area contributed by atoms with Crippen LogP contribution in [0.5, 0.6) is 0 Å². The summed E-state index contributed by atoms with van der Waals surface area (Å²) in [6.45, 7) is 0.816. The van der Waals surface area contributed by atoms with E-state index in [4.69, 9.17) is 0 Å². The second-order valence-electron chi connectivity index (χ2n) is 6.50. The first-order valence-corrected chi connectivity index (χ1v) is 8.25. The van der Waals surface area contributed by atoms with E-state index >= 15 is 0 Å². The molecule has 0 aliphatic heterocycles. The molecular formula is C16H18N2O2S. The average Bonchev–Trinajstić information content (AvgIpc) is 3.17. The van der Waals surface area contributed by atoms with Crippen LogP contribution in [0.15, 0.2) is 24.4 Å². The summed E-state index contributed by atoms with van der Waals surface area (Å²) in [7, 11) is 0. The first kappa shape index (κ1) is 13.2. The molecule has 2 saturated carbocycles. The molecule has 2 fully saturated rings. The summed E-state index contributed by atoms with van der Waals surface area (Å²) in [6.07, 6.45) is 6.23. The monoisotopic (exact) mass is 302 g/mol. The van der Waals surface area contributed by atoms with Gasteiger partial charge in [0.05, 0.1) is 15.6 Å². The number of hydrogen-bond acceptors (Lipinski definition) is 4. The molecule has 4 rings (SSSR count). The standard InChI is InChI=1S/C16H18N2O2S/c19-14(20)15-3-5-16(10-15,6-4-15)18-9-11-8-12-13(21-11)2-1-7-17-12/h1-2,7-8,18H,3-6,9-10H2,(H,19,20). The van der Waals surface area contributed by atoms with Crippen molar-refractivity contribution in [1.29, 1.82) is 0 Å². The molecular weight excluding hydrogens is 284 g/mol. The lowest BCUT2D eigenvalue weighted by Gasteiger charge is -2.27. The second-order valence-corrected chi connectivity index (χ2v) is 7.66. The Kier molecular flexibility index (Phi) is 2.84. The van der Waals surface area contributed by atoms with E-state index in [9.17, 15) is 9.90 Å². The predicted molar refractivity (Wildman–Crippen MR) is 82.3 cm³/mol. The third-order valence-corrected chi connectivity index (χ3v) is 6.36. The highest BCUT2D eigenvalue weighted by Crippen LogP contribution is 2.56. The summed E-state index contributed by atoms with van der Waals surface area (Å²) in [6, 6.07) is 6.19. The molecule has 110 valence electrons. The first-order valence-electron chi connectivity index (χ1n) is 7.43. The molecule has 0 radical (unpaired) electrons. The molecule has 0 atom stereocenters. The van der Waals surface area contributed by atoms with E-state index in [-0.39, 0.29) is 5.54 Å². The van der Waals surface area contributed by atoms with Crippen molar-refractivity contribution in [2.24, 2.45) is 5.41 Å². The predicted octanol–water partition coefficient (Wildman–Crippen LogP) is 3.17. The van der Waals surface area contributed by atoms with Gasteiger partial charge in [0.15, 0.2) is 0 Å². The van der Waals surface area contributed by atoms with E-state index in [1.807, 2.05) is 12.3 Å². The zero-order chi connectivity index (χ0) is 14.5. The molecule has 0 amide bonds. The smallest absolute Gasteiger partial charge is 0.309 e. The Morgan fingerprint density at radius 3 is 2.86 bits per heavy atom. The highest BCUT2D eigenvalue weighted by atomic mass is 32.1. The van der Waals surface area contributed by atoms with Crippen molar-refractivity contribution in [2.45, 2.75) is 44.2 Å². The van der Waals surface area contributed by atoms with E-state index < -0.39 is 11.4 Å². The molecule has 2 aliphatic carbocycles. The Bertz CT molecular complexity index is 668. The summed E-state index contributed by atoms with van der Waals surface area (Å²) in [5.74, 6) is -0.602. The van der Waals surface area contributed by atoms with Crippen molar-refractivity contribution in [3.8, 4) is 0 Å². The highest BCUT2D eigenvalue weighted by molar-refractivity contribution is 7.19. The van der Waals surface area contributed by atoms with E-state index in [1.54, 1.807) is 11.3 Å². The third kappa shape index (κ3) is 2.07. The van der Waals surface area contributed by atoms with Gasteiger partial charge in [0.2, 0.25) is 0 Å². The van der Waals surface area contributed by atoms with Gasteiger partial charge in [-0.05, 0) is 50.3 Å². The number of aliphatic carboxylic acids is 1. The average molecular weight is 302 g/mol. The maximum absolute atomic E-state index is 11.5. The van der Waals surface area contributed by atoms with E-state index in [0.29, 0.717) is 0 Å². The lowest BCUT2D eigenvalue weighted by Crippen LogP contribution is -2.40. The Labute approximate surface area is 127 Å². The number of nitrogens with one attached hydrogen (secondary N) is 1. The highest BCUT2D eigenvalue weighted by Gasteiger charge is 2.57. The van der Waals surface area contributed by atoms with Crippen molar-refractivity contribution < 1.29 is 9.90 Å². The molecule has 21 heavy (non-hydrogen) atoms. The minimum atomic E-state index is -0.602. The zero-order valence-electron chi connectivity index (χ0n) is 11.8. The number of rotatable bonds is 4. The molecule has 0 spiro atoms. The van der Waals surface area contributed by atoms with Crippen molar-refractivity contribution in [2.75, 3.05) is 0 Å². The molecule has 2 N–H and O–H groups in total. The SMILES string of the molecule is O=C(O)C12CCC(NCc3cc4ncccc4s3)(CC1)C2. The normalized spacial score (nSPS) is 31.0. The molecule has 2 aromatic heterocycles. The number of carboxylic acids is 1. The van der Waals surface area contributed by atoms with Gasteiger partial charge in [0.1, 0.15) is 0 Å². The maximum Gasteiger partial charge on any atom is 0.309 e. The minimum Gasteiger partial charge on any atom is -0.481 e. The molecule has 0 aromatic carbocycles. The van der Waals surface area contributed by atoms with Gasteiger partial charge in [-0.2, -0.15) is 0 Å². The van der Waals surface area contributed by atoms with E-state index in [1.165, 1.54) is 9.58 Å². The van der Waals surface area contributed by atoms with Crippen molar-refractivity contribution >= 4 is 27.5 Å². The van der Waals surface area contributed by atoms with Crippen LogP contribution in [0.3, 0.4) is 0 Å². The van der Waals surface area contributed by atoms with Crippen LogP contribution in [0.25, 0.3) is 10.2 Å². The van der Waals surface area contributed by atoms with Crippen LogP contribution >= 0.6 is 11.3 Å². The minimum absolute atomic E-state index is 0.0436. The summed E-state index contributed by atoms with van der Waals surface area (Å²) in [5, 5.41) is 13.1. The topological polar surface area (TPSA) is 62.2 Å². The van der Waals surface area contributed by atoms with E-state index in [2.05, 4.69) is 22.4 Å². The lowest BCUT2D eigenvalue weighted by molar-refractivity contribution is -0.148. The van der Waals surface area contributed by atoms with Crippen LogP contribution in [0.4, 0.5) is 0 Å². The van der Waals surface area contributed by atoms with Crippen LogP contribution in [0, 0.1) is 5.41 Å². The third-order valence-electron chi connectivity index (χ3n) is 5.27. The quantitative estimate of drug-likeness (QED) is 0.910. The molecule has 0 saturated heterocycles. The fourth-order valence-electron chi connectivity index (χ4n) is 4.02. The largest absolute Gasteiger partial charge is 0.481 e. The Morgan fingerprint density at radius 1 is 1.38 bits per heavy atom. The second kappa shape index (κ2) is 4.52. The van der Waals surface area contributed by atoms with Crippen molar-refractivity contribution in [3.05, 3.63) is 29.3 Å². The van der Waals surface area contributed by atoms with Crippen LogP contribution < -0.4 is 5.32 Å². The number of carbonyl (C=O) groups is 1. The number of aromatic nitrogens is 1. The van der Waals surface area contributed by atoms with Crippen LogP contribution in [-0.2, 0) is 11.3 Å². The van der Waals surface area contributed by atoms with Crippen LogP contribution in [0.1, 0.15) is 37.0 Å². The van der Waals surface area contributed by atoms with Gasteiger partial charge in [-0.1, -0.05) is 0 Å². The summed E-state index contributed by atoms with van der Waals surface area (Å²) < 4.78 is 1.21. The molecule has 4 nitrogen and oxygen atoms in total.